The number of carbonyl (C=O) groups is 1. The molecular weight excluding hydrogens is 474 g/mol. The number of benzene rings is 3. The topological polar surface area (TPSA) is 46.4 Å². The van der Waals surface area contributed by atoms with Crippen LogP contribution in [0.2, 0.25) is 0 Å². The predicted molar refractivity (Wildman–Crippen MR) is 138 cm³/mol. The van der Waals surface area contributed by atoms with Crippen molar-refractivity contribution in [3.05, 3.63) is 106 Å². The van der Waals surface area contributed by atoms with E-state index in [4.69, 9.17) is 4.99 Å². The fourth-order valence-electron chi connectivity index (χ4n) is 4.57. The molecule has 1 aromatic heterocycles. The SMILES string of the molecule is CCCCn1cc(C2=N[C@H](c3ccccc3)[C@@H](c3ccccc3)NC2=O)c2cc(Br)ccc21. The molecule has 0 saturated carbocycles. The Morgan fingerprint density at radius 1 is 0.970 bits per heavy atom. The number of hydrogen-bond donors (Lipinski definition) is 1. The van der Waals surface area contributed by atoms with Crippen molar-refractivity contribution in [2.75, 3.05) is 0 Å². The number of rotatable bonds is 6. The second kappa shape index (κ2) is 9.36. The summed E-state index contributed by atoms with van der Waals surface area (Å²) in [7, 11) is 0. The largest absolute Gasteiger partial charge is 0.347 e. The van der Waals surface area contributed by atoms with Gasteiger partial charge < -0.3 is 9.88 Å². The van der Waals surface area contributed by atoms with E-state index in [1.54, 1.807) is 0 Å². The summed E-state index contributed by atoms with van der Waals surface area (Å²) >= 11 is 3.61. The molecule has 5 heteroatoms. The Bertz CT molecular complexity index is 1310. The molecule has 5 rings (SSSR count). The summed E-state index contributed by atoms with van der Waals surface area (Å²) in [5, 5.41) is 4.31. The van der Waals surface area contributed by atoms with Crippen molar-refractivity contribution in [1.29, 1.82) is 0 Å². The number of fused-ring (bicyclic) bond motifs is 1. The second-order valence-corrected chi connectivity index (χ2v) is 9.36. The second-order valence-electron chi connectivity index (χ2n) is 8.45. The summed E-state index contributed by atoms with van der Waals surface area (Å²) < 4.78 is 3.24. The standard InChI is InChI=1S/C28H26BrN3O/c1-2-3-16-32-18-23(22-17-21(29)14-15-24(22)32)27-28(33)31-26(20-12-8-5-9-13-20)25(30-27)19-10-6-4-7-11-19/h4-15,17-18,25-26H,2-3,16H2,1H3,(H,31,33)/t25-,26-/m1/s1. The van der Waals surface area contributed by atoms with Gasteiger partial charge in [0.2, 0.25) is 0 Å². The highest BCUT2D eigenvalue weighted by molar-refractivity contribution is 9.10. The van der Waals surface area contributed by atoms with Gasteiger partial charge in [-0.15, -0.1) is 0 Å². The minimum Gasteiger partial charge on any atom is -0.347 e. The number of aliphatic imine (C=N–C) groups is 1. The highest BCUT2D eigenvalue weighted by Gasteiger charge is 2.34. The fourth-order valence-corrected chi connectivity index (χ4v) is 4.93. The average Bonchev–Trinajstić information content (AvgIpc) is 3.21. The maximum absolute atomic E-state index is 13.4. The lowest BCUT2D eigenvalue weighted by atomic mass is 9.91. The van der Waals surface area contributed by atoms with Crippen LogP contribution in [0.3, 0.4) is 0 Å². The number of hydrogen-bond acceptors (Lipinski definition) is 2. The number of carbonyl (C=O) groups excluding carboxylic acids is 1. The molecule has 0 aliphatic carbocycles. The summed E-state index contributed by atoms with van der Waals surface area (Å²) in [5.41, 5.74) is 4.63. The van der Waals surface area contributed by atoms with E-state index in [-0.39, 0.29) is 18.0 Å². The smallest absolute Gasteiger partial charge is 0.270 e. The zero-order valence-corrected chi connectivity index (χ0v) is 20.1. The number of unbranched alkanes of at least 4 members (excludes halogenated alkanes) is 1. The van der Waals surface area contributed by atoms with Gasteiger partial charge in [0.1, 0.15) is 11.8 Å². The lowest BCUT2D eigenvalue weighted by Gasteiger charge is -2.31. The van der Waals surface area contributed by atoms with Crippen LogP contribution in [-0.2, 0) is 11.3 Å². The first-order valence-electron chi connectivity index (χ1n) is 11.4. The molecule has 0 saturated heterocycles. The molecular formula is C28H26BrN3O. The molecule has 3 aromatic carbocycles. The van der Waals surface area contributed by atoms with Crippen molar-refractivity contribution in [2.24, 2.45) is 4.99 Å². The van der Waals surface area contributed by atoms with E-state index in [1.807, 2.05) is 36.4 Å². The first kappa shape index (κ1) is 21.7. The van der Waals surface area contributed by atoms with Gasteiger partial charge in [-0.25, -0.2) is 0 Å². The molecule has 0 spiro atoms. The normalized spacial score (nSPS) is 18.2. The number of nitrogens with zero attached hydrogens (tertiary/aromatic N) is 2. The number of amides is 1. The Hall–Kier alpha value is -3.18. The van der Waals surface area contributed by atoms with E-state index in [0.29, 0.717) is 5.71 Å². The number of nitrogens with one attached hydrogen (secondary N) is 1. The molecule has 0 fully saturated rings. The summed E-state index contributed by atoms with van der Waals surface area (Å²) in [6.45, 7) is 3.11. The number of aromatic nitrogens is 1. The van der Waals surface area contributed by atoms with Gasteiger partial charge in [0, 0.05) is 33.7 Å². The van der Waals surface area contributed by atoms with E-state index < -0.39 is 0 Å². The molecule has 2 heterocycles. The molecule has 1 amide bonds. The zero-order chi connectivity index (χ0) is 22.8. The lowest BCUT2D eigenvalue weighted by Crippen LogP contribution is -2.42. The molecule has 0 bridgehead atoms. The van der Waals surface area contributed by atoms with Crippen LogP contribution < -0.4 is 5.32 Å². The van der Waals surface area contributed by atoms with E-state index in [9.17, 15) is 4.79 Å². The van der Waals surface area contributed by atoms with Crippen molar-refractivity contribution in [1.82, 2.24) is 9.88 Å². The van der Waals surface area contributed by atoms with Crippen LogP contribution in [0.4, 0.5) is 0 Å². The summed E-state index contributed by atoms with van der Waals surface area (Å²) in [4.78, 5) is 18.6. The van der Waals surface area contributed by atoms with Crippen molar-refractivity contribution < 1.29 is 4.79 Å². The molecule has 4 nitrogen and oxygen atoms in total. The quantitative estimate of drug-likeness (QED) is 0.318. The molecule has 33 heavy (non-hydrogen) atoms. The van der Waals surface area contributed by atoms with E-state index in [2.05, 4.69) is 81.4 Å². The molecule has 1 aliphatic heterocycles. The van der Waals surface area contributed by atoms with Crippen LogP contribution in [-0.4, -0.2) is 16.2 Å². The molecule has 0 unspecified atom stereocenters. The first-order chi connectivity index (χ1) is 16.2. The fraction of sp³-hybridized carbons (Fsp3) is 0.214. The van der Waals surface area contributed by atoms with Crippen LogP contribution in [0.5, 0.6) is 0 Å². The highest BCUT2D eigenvalue weighted by Crippen LogP contribution is 2.37. The Balaban J connectivity index is 1.66. The number of aryl methyl sites for hydroxylation is 1. The maximum atomic E-state index is 13.4. The minimum absolute atomic E-state index is 0.134. The molecule has 1 aliphatic rings. The van der Waals surface area contributed by atoms with Gasteiger partial charge in [0.05, 0.1) is 6.04 Å². The Kier molecular flexibility index (Phi) is 6.14. The Morgan fingerprint density at radius 2 is 1.67 bits per heavy atom. The predicted octanol–water partition coefficient (Wildman–Crippen LogP) is 6.61. The van der Waals surface area contributed by atoms with Crippen LogP contribution in [0.1, 0.15) is 48.5 Å². The van der Waals surface area contributed by atoms with Crippen LogP contribution >= 0.6 is 15.9 Å². The van der Waals surface area contributed by atoms with Gasteiger partial charge >= 0.3 is 0 Å². The van der Waals surface area contributed by atoms with Crippen molar-refractivity contribution in [3.63, 3.8) is 0 Å². The lowest BCUT2D eigenvalue weighted by molar-refractivity contribution is -0.116. The van der Waals surface area contributed by atoms with E-state index in [0.717, 1.165) is 51.5 Å². The maximum Gasteiger partial charge on any atom is 0.270 e. The van der Waals surface area contributed by atoms with Crippen molar-refractivity contribution >= 4 is 38.5 Å². The van der Waals surface area contributed by atoms with Crippen LogP contribution in [0, 0.1) is 0 Å². The van der Waals surface area contributed by atoms with Crippen molar-refractivity contribution in [3.8, 4) is 0 Å². The van der Waals surface area contributed by atoms with Gasteiger partial charge in [-0.1, -0.05) is 89.9 Å². The monoisotopic (exact) mass is 499 g/mol. The van der Waals surface area contributed by atoms with E-state index in [1.165, 1.54) is 0 Å². The third-order valence-electron chi connectivity index (χ3n) is 6.24. The highest BCUT2D eigenvalue weighted by atomic mass is 79.9. The van der Waals surface area contributed by atoms with Gasteiger partial charge in [-0.2, -0.15) is 0 Å². The van der Waals surface area contributed by atoms with Crippen molar-refractivity contribution in [2.45, 2.75) is 38.4 Å². The summed E-state index contributed by atoms with van der Waals surface area (Å²) in [5.74, 6) is -0.134. The van der Waals surface area contributed by atoms with E-state index >= 15 is 0 Å². The van der Waals surface area contributed by atoms with Gasteiger partial charge in [0.15, 0.2) is 0 Å². The van der Waals surface area contributed by atoms with Gasteiger partial charge in [-0.05, 0) is 35.7 Å². The Labute approximate surface area is 202 Å². The minimum atomic E-state index is -0.218. The van der Waals surface area contributed by atoms with Crippen LogP contribution in [0.25, 0.3) is 10.9 Å². The molecule has 4 aromatic rings. The molecule has 2 atom stereocenters. The summed E-state index contributed by atoms with van der Waals surface area (Å²) in [6, 6.07) is 26.1. The van der Waals surface area contributed by atoms with Gasteiger partial charge in [0.25, 0.3) is 5.91 Å². The molecule has 166 valence electrons. The zero-order valence-electron chi connectivity index (χ0n) is 18.5. The Morgan fingerprint density at radius 3 is 2.36 bits per heavy atom. The number of halogens is 1. The average molecular weight is 500 g/mol. The third-order valence-corrected chi connectivity index (χ3v) is 6.73. The molecule has 1 N–H and O–H groups in total. The summed E-state index contributed by atoms with van der Waals surface area (Å²) in [6.07, 6.45) is 4.29. The third kappa shape index (κ3) is 4.25. The first-order valence-corrected chi connectivity index (χ1v) is 12.2. The molecule has 0 radical (unpaired) electrons. The van der Waals surface area contributed by atoms with Crippen LogP contribution in [0.15, 0.2) is 94.5 Å². The van der Waals surface area contributed by atoms with Gasteiger partial charge in [-0.3, -0.25) is 9.79 Å².